The third-order valence-corrected chi connectivity index (χ3v) is 1.31. The molecule has 1 rings (SSSR count). The lowest BCUT2D eigenvalue weighted by atomic mass is 10.2. The monoisotopic (exact) mass is 171 g/mol. The molecule has 0 amide bonds. The van der Waals surface area contributed by atoms with Crippen LogP contribution in [0.5, 0.6) is 0 Å². The first-order valence-corrected chi connectivity index (χ1v) is 3.10. The molecule has 1 N–H and O–H groups in total. The molecule has 0 atom stereocenters. The van der Waals surface area contributed by atoms with Crippen LogP contribution in [0.25, 0.3) is 0 Å². The van der Waals surface area contributed by atoms with Crippen molar-refractivity contribution in [3.8, 4) is 0 Å². The summed E-state index contributed by atoms with van der Waals surface area (Å²) in [5.74, 6) is 0. The molecule has 0 saturated heterocycles. The molecular weight excluding hydrogens is 162 g/mol. The van der Waals surface area contributed by atoms with Crippen molar-refractivity contribution in [2.75, 3.05) is 12.4 Å². The summed E-state index contributed by atoms with van der Waals surface area (Å²) in [4.78, 5) is 10.2. The summed E-state index contributed by atoms with van der Waals surface area (Å²) in [6.45, 7) is 0. The molecule has 0 spiro atoms. The van der Waals surface area contributed by atoms with E-state index in [-0.39, 0.29) is 12.4 Å². The number of nitrogens with one attached hydrogen (secondary N) is 1. The summed E-state index contributed by atoms with van der Waals surface area (Å²) in [6.07, 6.45) is 0.834. The van der Waals surface area contributed by atoms with Crippen LogP contribution in [-0.4, -0.2) is 13.3 Å². The van der Waals surface area contributed by atoms with Gasteiger partial charge in [0.25, 0.3) is 0 Å². The van der Waals surface area contributed by atoms with Crippen molar-refractivity contribution >= 4 is 24.4 Å². The molecule has 2 nitrogen and oxygen atoms in total. The normalized spacial score (nSPS) is 8.09. The van der Waals surface area contributed by atoms with E-state index in [1.54, 1.807) is 12.1 Å². The topological polar surface area (TPSA) is 29.1 Å². The first-order chi connectivity index (χ1) is 4.86. The second kappa shape index (κ2) is 4.74. The third kappa shape index (κ3) is 2.60. The Kier molecular flexibility index (Phi) is 4.30. The number of aldehydes is 1. The number of hydrogen-bond acceptors (Lipinski definition) is 2. The lowest BCUT2D eigenvalue weighted by Gasteiger charge is -1.97. The van der Waals surface area contributed by atoms with Gasteiger partial charge in [0, 0.05) is 18.3 Å². The molecule has 3 heteroatoms. The Labute approximate surface area is 72.0 Å². The number of rotatable bonds is 2. The maximum Gasteiger partial charge on any atom is 0.150 e. The van der Waals surface area contributed by atoms with Gasteiger partial charge in [-0.25, -0.2) is 0 Å². The van der Waals surface area contributed by atoms with Gasteiger partial charge in [-0.3, -0.25) is 4.79 Å². The summed E-state index contributed by atoms with van der Waals surface area (Å²) in [7, 11) is 1.82. The average Bonchev–Trinajstić information content (AvgIpc) is 2.05. The minimum Gasteiger partial charge on any atom is -0.388 e. The molecule has 1 aromatic rings. The molecule has 1 aromatic carbocycles. The Morgan fingerprint density at radius 1 is 1.45 bits per heavy atom. The second-order valence-corrected chi connectivity index (χ2v) is 1.99. The molecule has 0 bridgehead atoms. The first-order valence-electron chi connectivity index (χ1n) is 3.10. The van der Waals surface area contributed by atoms with E-state index in [2.05, 4.69) is 5.32 Å². The van der Waals surface area contributed by atoms with Gasteiger partial charge < -0.3 is 5.32 Å². The van der Waals surface area contributed by atoms with E-state index in [9.17, 15) is 4.79 Å². The van der Waals surface area contributed by atoms with Crippen molar-refractivity contribution < 1.29 is 4.79 Å². The summed E-state index contributed by atoms with van der Waals surface area (Å²) >= 11 is 0. The smallest absolute Gasteiger partial charge is 0.150 e. The Bertz CT molecular complexity index is 237. The van der Waals surface area contributed by atoms with E-state index in [4.69, 9.17) is 0 Å². The maximum atomic E-state index is 10.2. The Balaban J connectivity index is 0.000001000. The second-order valence-electron chi connectivity index (χ2n) is 1.99. The van der Waals surface area contributed by atoms with Gasteiger partial charge in [0.2, 0.25) is 0 Å². The number of halogens is 1. The zero-order chi connectivity index (χ0) is 7.40. The molecule has 0 aliphatic carbocycles. The molecule has 60 valence electrons. The van der Waals surface area contributed by atoms with Crippen molar-refractivity contribution in [3.63, 3.8) is 0 Å². The van der Waals surface area contributed by atoms with Crippen LogP contribution in [0.2, 0.25) is 0 Å². The predicted molar refractivity (Wildman–Crippen MR) is 48.6 cm³/mol. The van der Waals surface area contributed by atoms with E-state index < -0.39 is 0 Å². The van der Waals surface area contributed by atoms with Crippen LogP contribution in [0.15, 0.2) is 24.3 Å². The third-order valence-electron chi connectivity index (χ3n) is 1.31. The van der Waals surface area contributed by atoms with Gasteiger partial charge in [0.05, 0.1) is 0 Å². The predicted octanol–water partition coefficient (Wildman–Crippen LogP) is 1.96. The number of anilines is 1. The SMILES string of the molecule is CNc1cccc(C=O)c1.Cl. The van der Waals surface area contributed by atoms with Crippen LogP contribution in [0.4, 0.5) is 5.69 Å². The average molecular weight is 172 g/mol. The highest BCUT2D eigenvalue weighted by atomic mass is 35.5. The van der Waals surface area contributed by atoms with Gasteiger partial charge in [-0.1, -0.05) is 12.1 Å². The number of hydrogen-bond donors (Lipinski definition) is 1. The van der Waals surface area contributed by atoms with Gasteiger partial charge in [-0.15, -0.1) is 12.4 Å². The molecule has 11 heavy (non-hydrogen) atoms. The number of benzene rings is 1. The highest BCUT2D eigenvalue weighted by molar-refractivity contribution is 5.85. The Morgan fingerprint density at radius 3 is 2.73 bits per heavy atom. The zero-order valence-corrected chi connectivity index (χ0v) is 7.02. The molecule has 0 saturated carbocycles. The van der Waals surface area contributed by atoms with E-state index in [0.29, 0.717) is 5.56 Å². The summed E-state index contributed by atoms with van der Waals surface area (Å²) in [5.41, 5.74) is 1.66. The Morgan fingerprint density at radius 2 is 2.18 bits per heavy atom. The molecule has 0 aromatic heterocycles. The van der Waals surface area contributed by atoms with Crippen LogP contribution in [0, 0.1) is 0 Å². The van der Waals surface area contributed by atoms with E-state index >= 15 is 0 Å². The molecule has 0 aliphatic heterocycles. The van der Waals surface area contributed by atoms with Gasteiger partial charge in [0.15, 0.2) is 0 Å². The number of carbonyl (C=O) groups excluding carboxylic acids is 1. The minimum atomic E-state index is 0. The van der Waals surface area contributed by atoms with Gasteiger partial charge in [-0.2, -0.15) is 0 Å². The van der Waals surface area contributed by atoms with Crippen LogP contribution < -0.4 is 5.32 Å². The summed E-state index contributed by atoms with van der Waals surface area (Å²) < 4.78 is 0. The van der Waals surface area contributed by atoms with Crippen LogP contribution in [-0.2, 0) is 0 Å². The number of carbonyl (C=O) groups is 1. The summed E-state index contributed by atoms with van der Waals surface area (Å²) in [5, 5.41) is 2.94. The fraction of sp³-hybridized carbons (Fsp3) is 0.125. The van der Waals surface area contributed by atoms with Crippen molar-refractivity contribution in [1.82, 2.24) is 0 Å². The van der Waals surface area contributed by atoms with Gasteiger partial charge in [0.1, 0.15) is 6.29 Å². The van der Waals surface area contributed by atoms with Gasteiger partial charge >= 0.3 is 0 Å². The highest BCUT2D eigenvalue weighted by Crippen LogP contribution is 2.06. The quantitative estimate of drug-likeness (QED) is 0.690. The maximum absolute atomic E-state index is 10.2. The standard InChI is InChI=1S/C8H9NO.ClH/c1-9-8-4-2-3-7(5-8)6-10;/h2-6,9H,1H3;1H. The lowest BCUT2D eigenvalue weighted by molar-refractivity contribution is 0.112. The van der Waals surface area contributed by atoms with Gasteiger partial charge in [-0.05, 0) is 12.1 Å². The zero-order valence-electron chi connectivity index (χ0n) is 6.20. The largest absolute Gasteiger partial charge is 0.388 e. The molecule has 0 radical (unpaired) electrons. The van der Waals surface area contributed by atoms with E-state index in [1.807, 2.05) is 19.2 Å². The molecular formula is C8H10ClNO. The van der Waals surface area contributed by atoms with Crippen molar-refractivity contribution in [2.24, 2.45) is 0 Å². The molecule has 0 fully saturated rings. The van der Waals surface area contributed by atoms with Crippen molar-refractivity contribution in [3.05, 3.63) is 29.8 Å². The highest BCUT2D eigenvalue weighted by Gasteiger charge is 1.89. The minimum absolute atomic E-state index is 0. The summed E-state index contributed by atoms with van der Waals surface area (Å²) in [6, 6.07) is 7.32. The first kappa shape index (κ1) is 9.98. The molecule has 0 aliphatic rings. The Hall–Kier alpha value is -1.02. The van der Waals surface area contributed by atoms with Crippen molar-refractivity contribution in [2.45, 2.75) is 0 Å². The van der Waals surface area contributed by atoms with E-state index in [1.165, 1.54) is 0 Å². The van der Waals surface area contributed by atoms with Crippen LogP contribution in [0.1, 0.15) is 10.4 Å². The molecule has 0 unspecified atom stereocenters. The fourth-order valence-electron chi connectivity index (χ4n) is 0.767. The molecule has 0 heterocycles. The lowest BCUT2D eigenvalue weighted by Crippen LogP contribution is -1.88. The fourth-order valence-corrected chi connectivity index (χ4v) is 0.767. The van der Waals surface area contributed by atoms with Crippen LogP contribution in [0.3, 0.4) is 0 Å². The van der Waals surface area contributed by atoms with Crippen LogP contribution >= 0.6 is 12.4 Å². The van der Waals surface area contributed by atoms with Crippen molar-refractivity contribution in [1.29, 1.82) is 0 Å². The van der Waals surface area contributed by atoms with E-state index in [0.717, 1.165) is 12.0 Å².